The maximum absolute atomic E-state index is 12.4. The largest absolute Gasteiger partial charge is 0.493 e. The van der Waals surface area contributed by atoms with Crippen molar-refractivity contribution in [1.82, 2.24) is 0 Å². The standard InChI is InChI=1S/C20H19ClN2O4/c1-4-27-19-17(25-2)10-13(11-18(19)26-3)9-14(12-22)20(24)23-16-8-6-5-7-15(16)21/h5-11H,4H2,1-3H3,(H,23,24). The summed E-state index contributed by atoms with van der Waals surface area (Å²) in [4.78, 5) is 12.4. The Kier molecular flexibility index (Phi) is 7.09. The fourth-order valence-corrected chi connectivity index (χ4v) is 2.52. The van der Waals surface area contributed by atoms with Gasteiger partial charge < -0.3 is 19.5 Å². The zero-order chi connectivity index (χ0) is 19.8. The predicted octanol–water partition coefficient (Wildman–Crippen LogP) is 4.30. The first-order valence-electron chi connectivity index (χ1n) is 8.10. The number of nitrogens with one attached hydrogen (secondary N) is 1. The molecule has 6 nitrogen and oxygen atoms in total. The minimum absolute atomic E-state index is 0.0943. The van der Waals surface area contributed by atoms with Gasteiger partial charge in [0.1, 0.15) is 11.6 Å². The highest BCUT2D eigenvalue weighted by atomic mass is 35.5. The normalized spacial score (nSPS) is 10.7. The van der Waals surface area contributed by atoms with E-state index in [0.717, 1.165) is 0 Å². The number of nitrogens with zero attached hydrogens (tertiary/aromatic N) is 1. The molecular formula is C20H19ClN2O4. The smallest absolute Gasteiger partial charge is 0.266 e. The van der Waals surface area contributed by atoms with Gasteiger partial charge >= 0.3 is 0 Å². The third-order valence-electron chi connectivity index (χ3n) is 3.57. The molecule has 0 bridgehead atoms. The van der Waals surface area contributed by atoms with Crippen LogP contribution in [-0.2, 0) is 4.79 Å². The molecule has 0 atom stereocenters. The van der Waals surface area contributed by atoms with Gasteiger partial charge in [0.2, 0.25) is 5.75 Å². The van der Waals surface area contributed by atoms with E-state index in [4.69, 9.17) is 25.8 Å². The third kappa shape index (κ3) is 4.93. The van der Waals surface area contributed by atoms with Gasteiger partial charge in [-0.15, -0.1) is 0 Å². The monoisotopic (exact) mass is 386 g/mol. The van der Waals surface area contributed by atoms with Crippen molar-refractivity contribution in [3.63, 3.8) is 0 Å². The maximum Gasteiger partial charge on any atom is 0.266 e. The Balaban J connectivity index is 2.38. The van der Waals surface area contributed by atoms with Gasteiger partial charge in [-0.1, -0.05) is 23.7 Å². The van der Waals surface area contributed by atoms with E-state index in [1.165, 1.54) is 20.3 Å². The van der Waals surface area contributed by atoms with E-state index in [9.17, 15) is 10.1 Å². The van der Waals surface area contributed by atoms with Crippen LogP contribution in [0.2, 0.25) is 5.02 Å². The van der Waals surface area contributed by atoms with E-state index in [2.05, 4.69) is 5.32 Å². The molecule has 0 aliphatic heterocycles. The van der Waals surface area contributed by atoms with E-state index < -0.39 is 5.91 Å². The summed E-state index contributed by atoms with van der Waals surface area (Å²) in [5, 5.41) is 12.4. The Hall–Kier alpha value is -3.17. The number of anilines is 1. The first-order valence-corrected chi connectivity index (χ1v) is 8.48. The van der Waals surface area contributed by atoms with Gasteiger partial charge in [0.05, 0.1) is 31.5 Å². The lowest BCUT2D eigenvalue weighted by Crippen LogP contribution is -2.13. The van der Waals surface area contributed by atoms with Crippen molar-refractivity contribution < 1.29 is 19.0 Å². The average molecular weight is 387 g/mol. The highest BCUT2D eigenvalue weighted by molar-refractivity contribution is 6.34. The first-order chi connectivity index (χ1) is 13.0. The summed E-state index contributed by atoms with van der Waals surface area (Å²) in [6.45, 7) is 2.28. The summed E-state index contributed by atoms with van der Waals surface area (Å²) in [5.74, 6) is 0.758. The molecule has 2 aromatic rings. The van der Waals surface area contributed by atoms with Crippen molar-refractivity contribution in [3.05, 3.63) is 52.6 Å². The summed E-state index contributed by atoms with van der Waals surface area (Å²) in [6.07, 6.45) is 1.44. The molecule has 0 spiro atoms. The minimum atomic E-state index is -0.572. The second kappa shape index (κ2) is 9.51. The molecule has 1 amide bonds. The molecule has 0 saturated carbocycles. The van der Waals surface area contributed by atoms with Crippen LogP contribution in [0.25, 0.3) is 6.08 Å². The number of benzene rings is 2. The molecule has 0 saturated heterocycles. The lowest BCUT2D eigenvalue weighted by atomic mass is 10.1. The number of carbonyl (C=O) groups is 1. The molecule has 140 valence electrons. The second-order valence-corrected chi connectivity index (χ2v) is 5.70. The van der Waals surface area contributed by atoms with Crippen molar-refractivity contribution in [3.8, 4) is 23.3 Å². The van der Waals surface area contributed by atoms with Crippen molar-refractivity contribution >= 4 is 29.3 Å². The van der Waals surface area contributed by atoms with Gasteiger partial charge in [-0.2, -0.15) is 5.26 Å². The SMILES string of the molecule is CCOc1c(OC)cc(C=C(C#N)C(=O)Nc2ccccc2Cl)cc1OC. The van der Waals surface area contributed by atoms with Crippen LogP contribution < -0.4 is 19.5 Å². The molecule has 2 rings (SSSR count). The van der Waals surface area contributed by atoms with E-state index in [1.807, 2.05) is 13.0 Å². The van der Waals surface area contributed by atoms with Crippen LogP contribution in [0.5, 0.6) is 17.2 Å². The number of rotatable bonds is 7. The quantitative estimate of drug-likeness (QED) is 0.566. The first kappa shape index (κ1) is 20.1. The molecule has 27 heavy (non-hydrogen) atoms. The van der Waals surface area contributed by atoms with Crippen molar-refractivity contribution in [2.75, 3.05) is 26.1 Å². The van der Waals surface area contributed by atoms with Gasteiger partial charge in [0.25, 0.3) is 5.91 Å². The van der Waals surface area contributed by atoms with Gasteiger partial charge in [-0.25, -0.2) is 0 Å². The zero-order valence-electron chi connectivity index (χ0n) is 15.2. The summed E-state index contributed by atoms with van der Waals surface area (Å²) in [5.41, 5.74) is 0.883. The molecular weight excluding hydrogens is 368 g/mol. The van der Waals surface area contributed by atoms with E-state index in [0.29, 0.717) is 40.1 Å². The number of methoxy groups -OCH3 is 2. The van der Waals surface area contributed by atoms with Crippen molar-refractivity contribution in [2.45, 2.75) is 6.92 Å². The van der Waals surface area contributed by atoms with E-state index in [-0.39, 0.29) is 5.57 Å². The number of para-hydroxylation sites is 1. The predicted molar refractivity (Wildman–Crippen MR) is 104 cm³/mol. The molecule has 0 fully saturated rings. The number of amides is 1. The summed E-state index contributed by atoms with van der Waals surface area (Å²) in [6, 6.07) is 12.0. The maximum atomic E-state index is 12.4. The molecule has 1 N–H and O–H groups in total. The van der Waals surface area contributed by atoms with E-state index in [1.54, 1.807) is 36.4 Å². The van der Waals surface area contributed by atoms with Crippen LogP contribution in [0.3, 0.4) is 0 Å². The van der Waals surface area contributed by atoms with E-state index >= 15 is 0 Å². The fourth-order valence-electron chi connectivity index (χ4n) is 2.34. The Bertz CT molecular complexity index is 878. The third-order valence-corrected chi connectivity index (χ3v) is 3.90. The highest BCUT2D eigenvalue weighted by Crippen LogP contribution is 2.39. The average Bonchev–Trinajstić information content (AvgIpc) is 2.68. The van der Waals surface area contributed by atoms with Crippen LogP contribution in [0.15, 0.2) is 42.0 Å². The molecule has 0 aliphatic rings. The fraction of sp³-hybridized carbons (Fsp3) is 0.200. The van der Waals surface area contributed by atoms with Gasteiger partial charge in [0, 0.05) is 0 Å². The summed E-state index contributed by atoms with van der Waals surface area (Å²) < 4.78 is 16.2. The van der Waals surface area contributed by atoms with Crippen LogP contribution >= 0.6 is 11.6 Å². The Morgan fingerprint density at radius 1 is 1.22 bits per heavy atom. The van der Waals surface area contributed by atoms with Crippen molar-refractivity contribution in [1.29, 1.82) is 5.26 Å². The van der Waals surface area contributed by atoms with Crippen LogP contribution in [-0.4, -0.2) is 26.7 Å². The minimum Gasteiger partial charge on any atom is -0.493 e. The molecule has 0 radical (unpaired) electrons. The summed E-state index contributed by atoms with van der Waals surface area (Å²) in [7, 11) is 3.00. The Morgan fingerprint density at radius 3 is 2.37 bits per heavy atom. The number of hydrogen-bond donors (Lipinski definition) is 1. The molecule has 0 unspecified atom stereocenters. The molecule has 0 aliphatic carbocycles. The topological polar surface area (TPSA) is 80.6 Å². The molecule has 7 heteroatoms. The summed E-state index contributed by atoms with van der Waals surface area (Å²) >= 11 is 6.04. The van der Waals surface area contributed by atoms with Crippen molar-refractivity contribution in [2.24, 2.45) is 0 Å². The van der Waals surface area contributed by atoms with Gasteiger partial charge in [-0.3, -0.25) is 4.79 Å². The molecule has 0 heterocycles. The van der Waals surface area contributed by atoms with Gasteiger partial charge in [-0.05, 0) is 42.8 Å². The lowest BCUT2D eigenvalue weighted by molar-refractivity contribution is -0.112. The van der Waals surface area contributed by atoms with Crippen LogP contribution in [0, 0.1) is 11.3 Å². The highest BCUT2D eigenvalue weighted by Gasteiger charge is 2.16. The Morgan fingerprint density at radius 2 is 1.85 bits per heavy atom. The zero-order valence-corrected chi connectivity index (χ0v) is 16.0. The number of carbonyl (C=O) groups excluding carboxylic acids is 1. The lowest BCUT2D eigenvalue weighted by Gasteiger charge is -2.14. The van der Waals surface area contributed by atoms with Crippen LogP contribution in [0.4, 0.5) is 5.69 Å². The van der Waals surface area contributed by atoms with Crippen LogP contribution in [0.1, 0.15) is 12.5 Å². The number of ether oxygens (including phenoxy) is 3. The number of hydrogen-bond acceptors (Lipinski definition) is 5. The Labute approximate surface area is 162 Å². The molecule has 2 aromatic carbocycles. The number of halogens is 1. The number of nitriles is 1. The molecule has 0 aromatic heterocycles. The second-order valence-electron chi connectivity index (χ2n) is 5.29. The van der Waals surface area contributed by atoms with Gasteiger partial charge in [0.15, 0.2) is 11.5 Å².